The Morgan fingerprint density at radius 1 is 1.24 bits per heavy atom. The molecule has 0 unspecified atom stereocenters. The molecule has 6 heteroatoms. The van der Waals surface area contributed by atoms with E-state index in [4.69, 9.17) is 9.84 Å². The average Bonchev–Trinajstić information content (AvgIpc) is 2.84. The third-order valence-electron chi connectivity index (χ3n) is 3.01. The molecule has 1 aromatic carbocycles. The molecule has 106 valence electrons. The maximum absolute atomic E-state index is 11.2. The van der Waals surface area contributed by atoms with Crippen molar-refractivity contribution in [2.75, 3.05) is 0 Å². The number of pyridine rings is 1. The van der Waals surface area contributed by atoms with Gasteiger partial charge in [-0.3, -0.25) is 4.40 Å². The van der Waals surface area contributed by atoms with Crippen molar-refractivity contribution in [3.63, 3.8) is 0 Å². The van der Waals surface area contributed by atoms with E-state index < -0.39 is 5.97 Å². The number of aromatic nitrogens is 2. The van der Waals surface area contributed by atoms with E-state index in [0.717, 1.165) is 0 Å². The van der Waals surface area contributed by atoms with Gasteiger partial charge < -0.3 is 14.9 Å². The Hall–Kier alpha value is -3.02. The quantitative estimate of drug-likeness (QED) is 0.768. The van der Waals surface area contributed by atoms with Crippen molar-refractivity contribution in [2.24, 2.45) is 0 Å². The lowest BCUT2D eigenvalue weighted by Gasteiger charge is -2.05. The molecule has 0 spiro atoms. The van der Waals surface area contributed by atoms with E-state index in [9.17, 15) is 9.90 Å². The SMILES string of the molecule is O=C(O)c1nc(COc2cccc(O)c2)n2ccccc12. The van der Waals surface area contributed by atoms with Crippen LogP contribution < -0.4 is 4.74 Å². The van der Waals surface area contributed by atoms with Crippen LogP contribution >= 0.6 is 0 Å². The number of carbonyl (C=O) groups is 1. The third-order valence-corrected chi connectivity index (χ3v) is 3.01. The molecule has 0 fully saturated rings. The number of aromatic hydroxyl groups is 1. The topological polar surface area (TPSA) is 84.1 Å². The van der Waals surface area contributed by atoms with Crippen molar-refractivity contribution in [2.45, 2.75) is 6.61 Å². The molecular formula is C15H12N2O4. The molecule has 3 rings (SSSR count). The molecule has 0 radical (unpaired) electrons. The van der Waals surface area contributed by atoms with E-state index in [-0.39, 0.29) is 18.1 Å². The molecule has 0 bridgehead atoms. The van der Waals surface area contributed by atoms with Gasteiger partial charge in [-0.05, 0) is 24.3 Å². The maximum atomic E-state index is 11.2. The second kappa shape index (κ2) is 5.16. The largest absolute Gasteiger partial charge is 0.508 e. The molecule has 3 aromatic rings. The van der Waals surface area contributed by atoms with Crippen LogP contribution in [0.3, 0.4) is 0 Å². The molecule has 2 heterocycles. The molecule has 0 saturated carbocycles. The first-order chi connectivity index (χ1) is 10.1. The fraction of sp³-hybridized carbons (Fsp3) is 0.0667. The number of benzene rings is 1. The Morgan fingerprint density at radius 3 is 2.86 bits per heavy atom. The van der Waals surface area contributed by atoms with Gasteiger partial charge in [-0.2, -0.15) is 0 Å². The number of imidazole rings is 1. The Kier molecular flexibility index (Phi) is 3.19. The number of ether oxygens (including phenoxy) is 1. The first-order valence-electron chi connectivity index (χ1n) is 6.26. The van der Waals surface area contributed by atoms with Crippen LogP contribution in [0.5, 0.6) is 11.5 Å². The lowest BCUT2D eigenvalue weighted by Crippen LogP contribution is -2.01. The van der Waals surface area contributed by atoms with Crippen molar-refractivity contribution in [1.82, 2.24) is 9.38 Å². The van der Waals surface area contributed by atoms with Crippen LogP contribution in [-0.4, -0.2) is 25.6 Å². The molecule has 0 aliphatic heterocycles. The Morgan fingerprint density at radius 2 is 2.10 bits per heavy atom. The first kappa shape index (κ1) is 13.0. The van der Waals surface area contributed by atoms with E-state index in [1.54, 1.807) is 47.0 Å². The lowest BCUT2D eigenvalue weighted by molar-refractivity contribution is 0.0693. The molecule has 6 nitrogen and oxygen atoms in total. The van der Waals surface area contributed by atoms with Crippen LogP contribution in [0.1, 0.15) is 16.3 Å². The molecule has 21 heavy (non-hydrogen) atoms. The number of hydrogen-bond acceptors (Lipinski definition) is 4. The highest BCUT2D eigenvalue weighted by Gasteiger charge is 2.16. The summed E-state index contributed by atoms with van der Waals surface area (Å²) >= 11 is 0. The van der Waals surface area contributed by atoms with Gasteiger partial charge in [0.2, 0.25) is 0 Å². The first-order valence-corrected chi connectivity index (χ1v) is 6.26. The number of fused-ring (bicyclic) bond motifs is 1. The van der Waals surface area contributed by atoms with E-state index in [1.165, 1.54) is 6.07 Å². The van der Waals surface area contributed by atoms with Crippen LogP contribution in [0.4, 0.5) is 0 Å². The molecule has 2 aromatic heterocycles. The summed E-state index contributed by atoms with van der Waals surface area (Å²) in [6, 6.07) is 11.6. The monoisotopic (exact) mass is 284 g/mol. The maximum Gasteiger partial charge on any atom is 0.356 e. The predicted molar refractivity (Wildman–Crippen MR) is 74.6 cm³/mol. The number of phenols is 1. The minimum absolute atomic E-state index is 0.00916. The van der Waals surface area contributed by atoms with Gasteiger partial charge in [0.05, 0.1) is 5.52 Å². The third kappa shape index (κ3) is 2.51. The molecule has 0 amide bonds. The van der Waals surface area contributed by atoms with Crippen molar-refractivity contribution in [1.29, 1.82) is 0 Å². The number of phenolic OH excluding ortho intramolecular Hbond substituents is 1. The summed E-state index contributed by atoms with van der Waals surface area (Å²) in [6.07, 6.45) is 1.73. The molecule has 0 aliphatic carbocycles. The number of aromatic carboxylic acids is 1. The summed E-state index contributed by atoms with van der Waals surface area (Å²) < 4.78 is 7.21. The average molecular weight is 284 g/mol. The van der Waals surface area contributed by atoms with E-state index in [2.05, 4.69) is 4.98 Å². The van der Waals surface area contributed by atoms with E-state index in [1.807, 2.05) is 0 Å². The lowest BCUT2D eigenvalue weighted by atomic mass is 10.3. The van der Waals surface area contributed by atoms with Gasteiger partial charge >= 0.3 is 5.97 Å². The van der Waals surface area contributed by atoms with Gasteiger partial charge in [0.1, 0.15) is 18.1 Å². The summed E-state index contributed by atoms with van der Waals surface area (Å²) in [6.45, 7) is 0.0991. The number of rotatable bonds is 4. The number of hydrogen-bond donors (Lipinski definition) is 2. The second-order valence-corrected chi connectivity index (χ2v) is 4.42. The van der Waals surface area contributed by atoms with Gasteiger partial charge in [0.25, 0.3) is 0 Å². The fourth-order valence-corrected chi connectivity index (χ4v) is 2.08. The Bertz CT molecular complexity index is 810. The van der Waals surface area contributed by atoms with Crippen molar-refractivity contribution < 1.29 is 19.7 Å². The molecule has 0 saturated heterocycles. The highest BCUT2D eigenvalue weighted by atomic mass is 16.5. The van der Waals surface area contributed by atoms with E-state index in [0.29, 0.717) is 17.1 Å². The van der Waals surface area contributed by atoms with Gasteiger partial charge in [0.15, 0.2) is 11.5 Å². The molecule has 0 atom stereocenters. The van der Waals surface area contributed by atoms with Crippen LogP contribution in [0, 0.1) is 0 Å². The Labute approximate surface area is 119 Å². The summed E-state index contributed by atoms with van der Waals surface area (Å²) in [5.41, 5.74) is 0.504. The summed E-state index contributed by atoms with van der Waals surface area (Å²) in [5.74, 6) is -0.0140. The normalized spacial score (nSPS) is 10.7. The number of carboxylic acid groups (broad SMARTS) is 1. The fourth-order valence-electron chi connectivity index (χ4n) is 2.08. The molecule has 2 N–H and O–H groups in total. The number of carboxylic acids is 1. The molecular weight excluding hydrogens is 272 g/mol. The van der Waals surface area contributed by atoms with Crippen LogP contribution in [0.2, 0.25) is 0 Å². The Balaban J connectivity index is 1.92. The minimum Gasteiger partial charge on any atom is -0.508 e. The zero-order valence-electron chi connectivity index (χ0n) is 10.9. The van der Waals surface area contributed by atoms with Crippen molar-refractivity contribution >= 4 is 11.5 Å². The zero-order valence-corrected chi connectivity index (χ0v) is 10.9. The number of nitrogens with zero attached hydrogens (tertiary/aromatic N) is 2. The standard InChI is InChI=1S/C15H12N2O4/c18-10-4-3-5-11(8-10)21-9-13-16-14(15(19)20)12-6-1-2-7-17(12)13/h1-8,18H,9H2,(H,19,20). The molecule has 0 aliphatic rings. The summed E-state index contributed by atoms with van der Waals surface area (Å²) in [4.78, 5) is 15.3. The van der Waals surface area contributed by atoms with Gasteiger partial charge in [-0.15, -0.1) is 0 Å². The van der Waals surface area contributed by atoms with Gasteiger partial charge in [-0.25, -0.2) is 9.78 Å². The smallest absolute Gasteiger partial charge is 0.356 e. The van der Waals surface area contributed by atoms with E-state index >= 15 is 0 Å². The highest BCUT2D eigenvalue weighted by molar-refractivity contribution is 5.93. The summed E-state index contributed by atoms with van der Waals surface area (Å²) in [5, 5.41) is 18.5. The summed E-state index contributed by atoms with van der Waals surface area (Å²) in [7, 11) is 0. The van der Waals surface area contributed by atoms with Gasteiger partial charge in [0, 0.05) is 12.3 Å². The van der Waals surface area contributed by atoms with Gasteiger partial charge in [-0.1, -0.05) is 12.1 Å². The van der Waals surface area contributed by atoms with Crippen LogP contribution in [-0.2, 0) is 6.61 Å². The van der Waals surface area contributed by atoms with Crippen LogP contribution in [0.25, 0.3) is 5.52 Å². The minimum atomic E-state index is -1.08. The van der Waals surface area contributed by atoms with Crippen molar-refractivity contribution in [3.05, 3.63) is 60.2 Å². The van der Waals surface area contributed by atoms with Crippen LogP contribution in [0.15, 0.2) is 48.7 Å². The second-order valence-electron chi connectivity index (χ2n) is 4.42. The predicted octanol–water partition coefficient (Wildman–Crippen LogP) is 2.32. The van der Waals surface area contributed by atoms with Crippen molar-refractivity contribution in [3.8, 4) is 11.5 Å². The zero-order chi connectivity index (χ0) is 14.8. The highest BCUT2D eigenvalue weighted by Crippen LogP contribution is 2.20.